The number of sulfonamides is 1. The Morgan fingerprint density at radius 1 is 1.43 bits per heavy atom. The highest BCUT2D eigenvalue weighted by Gasteiger charge is 2.27. The third-order valence-electron chi connectivity index (χ3n) is 2.52. The highest BCUT2D eigenvalue weighted by atomic mass is 79.9. The van der Waals surface area contributed by atoms with Crippen molar-refractivity contribution in [3.63, 3.8) is 0 Å². The van der Waals surface area contributed by atoms with Gasteiger partial charge in [-0.3, -0.25) is 4.72 Å². The molecule has 2 rings (SSSR count). The maximum Gasteiger partial charge on any atom is 0.358 e. The fraction of sp³-hybridized carbons (Fsp3) is 0.167. The zero-order valence-electron chi connectivity index (χ0n) is 11.1. The average molecular weight is 391 g/mol. The van der Waals surface area contributed by atoms with Crippen molar-refractivity contribution in [1.29, 1.82) is 0 Å². The van der Waals surface area contributed by atoms with E-state index in [2.05, 4.69) is 30.4 Å². The molecule has 0 saturated heterocycles. The molecule has 0 saturated carbocycles. The highest BCUT2D eigenvalue weighted by Crippen LogP contribution is 2.28. The Morgan fingerprint density at radius 3 is 2.81 bits per heavy atom. The predicted octanol–water partition coefficient (Wildman–Crippen LogP) is 2.80. The molecule has 0 fully saturated rings. The lowest BCUT2D eigenvalue weighted by Gasteiger charge is -2.09. The number of halogens is 1. The maximum atomic E-state index is 12.4. The Kier molecular flexibility index (Phi) is 4.64. The van der Waals surface area contributed by atoms with Gasteiger partial charge in [0.05, 0.1) is 18.3 Å². The molecule has 0 amide bonds. The molecule has 9 heteroatoms. The van der Waals surface area contributed by atoms with Gasteiger partial charge in [0.2, 0.25) is 0 Å². The number of carbonyl (C=O) groups is 1. The molecule has 1 aromatic carbocycles. The Labute approximate surface area is 134 Å². The van der Waals surface area contributed by atoms with Gasteiger partial charge in [0, 0.05) is 4.47 Å². The second kappa shape index (κ2) is 6.12. The first-order valence-electron chi connectivity index (χ1n) is 5.66. The fourth-order valence-corrected chi connectivity index (χ4v) is 4.25. The first-order valence-corrected chi connectivity index (χ1v) is 8.81. The van der Waals surface area contributed by atoms with E-state index in [0.29, 0.717) is 10.2 Å². The largest absolute Gasteiger partial charge is 0.464 e. The molecule has 21 heavy (non-hydrogen) atoms. The van der Waals surface area contributed by atoms with Crippen LogP contribution in [0.25, 0.3) is 0 Å². The average Bonchev–Trinajstić information content (AvgIpc) is 2.92. The molecular formula is C12H11BrN2O4S2. The summed E-state index contributed by atoms with van der Waals surface area (Å²) in [4.78, 5) is 15.3. The smallest absolute Gasteiger partial charge is 0.358 e. The van der Waals surface area contributed by atoms with E-state index >= 15 is 0 Å². The first-order chi connectivity index (χ1) is 9.85. The monoisotopic (exact) mass is 390 g/mol. The molecule has 6 nitrogen and oxygen atoms in total. The highest BCUT2D eigenvalue weighted by molar-refractivity contribution is 9.10. The molecule has 0 aliphatic heterocycles. The van der Waals surface area contributed by atoms with Crippen molar-refractivity contribution >= 4 is 48.9 Å². The molecule has 112 valence electrons. The summed E-state index contributed by atoms with van der Waals surface area (Å²) in [6, 6.07) is 5.26. The third-order valence-corrected chi connectivity index (χ3v) is 5.95. The minimum absolute atomic E-state index is 0.178. The van der Waals surface area contributed by atoms with E-state index in [0.717, 1.165) is 16.9 Å². The van der Waals surface area contributed by atoms with Crippen LogP contribution in [0.15, 0.2) is 32.4 Å². The van der Waals surface area contributed by atoms with Crippen LogP contribution in [-0.2, 0) is 14.8 Å². The molecule has 0 aliphatic carbocycles. The molecule has 0 aliphatic rings. The van der Waals surface area contributed by atoms with E-state index in [-0.39, 0.29) is 9.90 Å². The van der Waals surface area contributed by atoms with Crippen LogP contribution in [0.4, 0.5) is 5.69 Å². The van der Waals surface area contributed by atoms with E-state index in [1.807, 2.05) is 13.0 Å². The second-order valence-electron chi connectivity index (χ2n) is 4.07. The lowest BCUT2D eigenvalue weighted by atomic mass is 10.2. The van der Waals surface area contributed by atoms with Crippen LogP contribution in [0.2, 0.25) is 0 Å². The number of thiazole rings is 1. The van der Waals surface area contributed by atoms with Crippen molar-refractivity contribution in [3.8, 4) is 0 Å². The van der Waals surface area contributed by atoms with Gasteiger partial charge >= 0.3 is 5.97 Å². The van der Waals surface area contributed by atoms with Crippen LogP contribution >= 0.6 is 27.3 Å². The minimum Gasteiger partial charge on any atom is -0.464 e. The third kappa shape index (κ3) is 3.42. The number of rotatable bonds is 4. The summed E-state index contributed by atoms with van der Waals surface area (Å²) in [5.74, 6) is -0.792. The summed E-state index contributed by atoms with van der Waals surface area (Å²) in [6.45, 7) is 1.84. The van der Waals surface area contributed by atoms with E-state index in [9.17, 15) is 13.2 Å². The van der Waals surface area contributed by atoms with E-state index in [1.54, 1.807) is 12.1 Å². The molecular weight excluding hydrogens is 380 g/mol. The fourth-order valence-electron chi connectivity index (χ4n) is 1.57. The van der Waals surface area contributed by atoms with Gasteiger partial charge in [-0.15, -0.1) is 11.3 Å². The van der Waals surface area contributed by atoms with Crippen molar-refractivity contribution in [2.75, 3.05) is 11.8 Å². The number of ether oxygens (including phenoxy) is 1. The molecule has 2 aromatic rings. The molecule has 1 heterocycles. The van der Waals surface area contributed by atoms with Crippen molar-refractivity contribution in [2.24, 2.45) is 0 Å². The molecule has 0 unspecified atom stereocenters. The zero-order valence-corrected chi connectivity index (χ0v) is 14.3. The van der Waals surface area contributed by atoms with Crippen molar-refractivity contribution in [1.82, 2.24) is 4.98 Å². The number of aromatic nitrogens is 1. The number of esters is 1. The van der Waals surface area contributed by atoms with Crippen LogP contribution in [0.3, 0.4) is 0 Å². The quantitative estimate of drug-likeness (QED) is 0.811. The Morgan fingerprint density at radius 2 is 2.14 bits per heavy atom. The number of hydrogen-bond acceptors (Lipinski definition) is 6. The predicted molar refractivity (Wildman–Crippen MR) is 83.1 cm³/mol. The number of methoxy groups -OCH3 is 1. The van der Waals surface area contributed by atoms with Gasteiger partial charge in [-0.1, -0.05) is 6.07 Å². The second-order valence-corrected chi connectivity index (χ2v) is 7.66. The van der Waals surface area contributed by atoms with Gasteiger partial charge in [-0.05, 0) is 40.5 Å². The van der Waals surface area contributed by atoms with E-state index < -0.39 is 16.0 Å². The summed E-state index contributed by atoms with van der Waals surface area (Å²) in [5.41, 5.74) is 2.35. The van der Waals surface area contributed by atoms with Gasteiger partial charge < -0.3 is 4.74 Å². The number of carbonyl (C=O) groups excluding carboxylic acids is 1. The maximum absolute atomic E-state index is 12.4. The SMILES string of the molecule is COC(=O)c1ncsc1S(=O)(=O)Nc1cc(C)ccc1Br. The molecule has 0 radical (unpaired) electrons. The summed E-state index contributed by atoms with van der Waals surface area (Å²) < 4.78 is 32.2. The van der Waals surface area contributed by atoms with Gasteiger partial charge in [0.1, 0.15) is 0 Å². The topological polar surface area (TPSA) is 85.4 Å². The number of hydrogen-bond donors (Lipinski definition) is 1. The van der Waals surface area contributed by atoms with Crippen LogP contribution in [0, 0.1) is 6.92 Å². The molecule has 0 bridgehead atoms. The number of nitrogens with zero attached hydrogens (tertiary/aromatic N) is 1. The molecule has 0 atom stereocenters. The van der Waals surface area contributed by atoms with E-state index in [4.69, 9.17) is 0 Å². The van der Waals surface area contributed by atoms with Gasteiger partial charge in [-0.2, -0.15) is 0 Å². The first kappa shape index (κ1) is 15.9. The van der Waals surface area contributed by atoms with Crippen LogP contribution < -0.4 is 4.72 Å². The number of benzene rings is 1. The summed E-state index contributed by atoms with van der Waals surface area (Å²) in [7, 11) is -2.75. The standard InChI is InChI=1S/C12H11BrN2O4S2/c1-7-3-4-8(13)9(5-7)15-21(17,18)12-10(11(16)19-2)14-6-20-12/h3-6,15H,1-2H3. The lowest BCUT2D eigenvalue weighted by molar-refractivity contribution is 0.0590. The minimum atomic E-state index is -3.92. The van der Waals surface area contributed by atoms with Crippen molar-refractivity contribution in [2.45, 2.75) is 11.1 Å². The number of aryl methyl sites for hydroxylation is 1. The number of nitrogens with one attached hydrogen (secondary N) is 1. The Hall–Kier alpha value is -1.45. The Bertz CT molecular complexity index is 786. The van der Waals surface area contributed by atoms with E-state index in [1.165, 1.54) is 12.6 Å². The van der Waals surface area contributed by atoms with Crippen molar-refractivity contribution in [3.05, 3.63) is 39.4 Å². The van der Waals surface area contributed by atoms with Gasteiger partial charge in [-0.25, -0.2) is 18.2 Å². The van der Waals surface area contributed by atoms with Crippen LogP contribution in [-0.4, -0.2) is 26.5 Å². The van der Waals surface area contributed by atoms with Crippen molar-refractivity contribution < 1.29 is 17.9 Å². The summed E-state index contributed by atoms with van der Waals surface area (Å²) in [5, 5.41) is 0. The zero-order chi connectivity index (χ0) is 15.6. The molecule has 1 N–H and O–H groups in total. The Balaban J connectivity index is 2.42. The normalized spacial score (nSPS) is 11.2. The summed E-state index contributed by atoms with van der Waals surface area (Å²) >= 11 is 4.13. The lowest BCUT2D eigenvalue weighted by Crippen LogP contribution is -2.16. The molecule has 1 aromatic heterocycles. The van der Waals surface area contributed by atoms with Gasteiger partial charge in [0.15, 0.2) is 9.90 Å². The van der Waals surface area contributed by atoms with Gasteiger partial charge in [0.25, 0.3) is 10.0 Å². The number of anilines is 1. The molecule has 0 spiro atoms. The van der Waals surface area contributed by atoms with Crippen LogP contribution in [0.5, 0.6) is 0 Å². The summed E-state index contributed by atoms with van der Waals surface area (Å²) in [6.07, 6.45) is 0. The van der Waals surface area contributed by atoms with Crippen LogP contribution in [0.1, 0.15) is 16.1 Å².